The summed E-state index contributed by atoms with van der Waals surface area (Å²) in [6.07, 6.45) is -3.09. The average Bonchev–Trinajstić information content (AvgIpc) is 2.38. The van der Waals surface area contributed by atoms with Crippen LogP contribution < -0.4 is 5.32 Å². The summed E-state index contributed by atoms with van der Waals surface area (Å²) in [5.74, 6) is -0.427. The van der Waals surface area contributed by atoms with Crippen LogP contribution in [0.4, 0.5) is 19.0 Å². The SMILES string of the molecule is O=C(Nc1ccnc(Cl)n1)c1ccc(C(F)(F)F)cc1. The Balaban J connectivity index is 2.14. The molecule has 1 N–H and O–H groups in total. The second-order valence-corrected chi connectivity index (χ2v) is 4.08. The molecule has 0 unspecified atom stereocenters. The molecule has 1 amide bonds. The summed E-state index contributed by atoms with van der Waals surface area (Å²) >= 11 is 5.55. The maximum absolute atomic E-state index is 12.4. The van der Waals surface area contributed by atoms with Gasteiger partial charge in [0, 0.05) is 11.8 Å². The number of aromatic nitrogens is 2. The van der Waals surface area contributed by atoms with Crippen LogP contribution in [0.2, 0.25) is 5.28 Å². The molecule has 0 fully saturated rings. The molecule has 0 saturated carbocycles. The standard InChI is InChI=1S/C12H7ClF3N3O/c13-11-17-6-5-9(19-11)18-10(20)7-1-3-8(4-2-7)12(14,15)16/h1-6H,(H,17,18,19,20). The number of carbonyl (C=O) groups excluding carboxylic acids is 1. The van der Waals surface area contributed by atoms with Crippen LogP contribution >= 0.6 is 11.6 Å². The number of nitrogens with one attached hydrogen (secondary N) is 1. The van der Waals surface area contributed by atoms with E-state index in [0.29, 0.717) is 0 Å². The highest BCUT2D eigenvalue weighted by atomic mass is 35.5. The van der Waals surface area contributed by atoms with Gasteiger partial charge in [-0.05, 0) is 41.9 Å². The second kappa shape index (κ2) is 5.46. The van der Waals surface area contributed by atoms with Crippen molar-refractivity contribution in [3.63, 3.8) is 0 Å². The third kappa shape index (κ3) is 3.45. The van der Waals surface area contributed by atoms with Crippen molar-refractivity contribution >= 4 is 23.3 Å². The van der Waals surface area contributed by atoms with Crippen molar-refractivity contribution in [3.05, 3.63) is 52.9 Å². The number of benzene rings is 1. The predicted molar refractivity (Wildman–Crippen MR) is 66.4 cm³/mol. The van der Waals surface area contributed by atoms with Gasteiger partial charge in [-0.1, -0.05) is 0 Å². The van der Waals surface area contributed by atoms with Gasteiger partial charge < -0.3 is 5.32 Å². The molecule has 1 aromatic heterocycles. The van der Waals surface area contributed by atoms with Crippen molar-refractivity contribution in [2.75, 3.05) is 5.32 Å². The van der Waals surface area contributed by atoms with E-state index in [1.165, 1.54) is 12.3 Å². The smallest absolute Gasteiger partial charge is 0.306 e. The summed E-state index contributed by atoms with van der Waals surface area (Å²) in [6, 6.07) is 5.25. The van der Waals surface area contributed by atoms with Crippen molar-refractivity contribution in [3.8, 4) is 0 Å². The fourth-order valence-electron chi connectivity index (χ4n) is 1.40. The monoisotopic (exact) mass is 301 g/mol. The summed E-state index contributed by atoms with van der Waals surface area (Å²) in [7, 11) is 0. The number of anilines is 1. The minimum absolute atomic E-state index is 0.0461. The summed E-state index contributed by atoms with van der Waals surface area (Å²) < 4.78 is 37.1. The lowest BCUT2D eigenvalue weighted by molar-refractivity contribution is -0.137. The first-order chi connectivity index (χ1) is 9.36. The molecule has 8 heteroatoms. The molecule has 0 aliphatic rings. The molecule has 0 aliphatic heterocycles. The number of rotatable bonds is 2. The Morgan fingerprint density at radius 1 is 1.15 bits per heavy atom. The Kier molecular flexibility index (Phi) is 3.89. The van der Waals surface area contributed by atoms with Crippen LogP contribution in [-0.2, 0) is 6.18 Å². The Morgan fingerprint density at radius 2 is 1.80 bits per heavy atom. The highest BCUT2D eigenvalue weighted by Gasteiger charge is 2.30. The minimum Gasteiger partial charge on any atom is -0.306 e. The lowest BCUT2D eigenvalue weighted by Gasteiger charge is -2.08. The van der Waals surface area contributed by atoms with E-state index < -0.39 is 17.6 Å². The zero-order chi connectivity index (χ0) is 14.8. The van der Waals surface area contributed by atoms with Gasteiger partial charge in [0.25, 0.3) is 5.91 Å². The van der Waals surface area contributed by atoms with Crippen molar-refractivity contribution in [2.45, 2.75) is 6.18 Å². The molecule has 0 saturated heterocycles. The van der Waals surface area contributed by atoms with Crippen LogP contribution in [0.1, 0.15) is 15.9 Å². The summed E-state index contributed by atoms with van der Waals surface area (Å²) in [5, 5.41) is 2.36. The summed E-state index contributed by atoms with van der Waals surface area (Å²) in [4.78, 5) is 19.2. The molecule has 1 heterocycles. The first-order valence-electron chi connectivity index (χ1n) is 5.33. The maximum Gasteiger partial charge on any atom is 0.416 e. The Morgan fingerprint density at radius 3 is 2.35 bits per heavy atom. The van der Waals surface area contributed by atoms with E-state index in [2.05, 4.69) is 15.3 Å². The van der Waals surface area contributed by atoms with Crippen LogP contribution in [0.15, 0.2) is 36.5 Å². The lowest BCUT2D eigenvalue weighted by Crippen LogP contribution is -2.14. The number of carbonyl (C=O) groups is 1. The molecule has 0 atom stereocenters. The van der Waals surface area contributed by atoms with Crippen molar-refractivity contribution in [1.29, 1.82) is 0 Å². The van der Waals surface area contributed by atoms with Crippen LogP contribution in [-0.4, -0.2) is 15.9 Å². The van der Waals surface area contributed by atoms with E-state index >= 15 is 0 Å². The summed E-state index contributed by atoms with van der Waals surface area (Å²) in [6.45, 7) is 0. The average molecular weight is 302 g/mol. The molecule has 0 radical (unpaired) electrons. The largest absolute Gasteiger partial charge is 0.416 e. The number of amides is 1. The molecule has 0 bridgehead atoms. The van der Waals surface area contributed by atoms with Gasteiger partial charge in [-0.2, -0.15) is 13.2 Å². The number of hydrogen-bond acceptors (Lipinski definition) is 3. The van der Waals surface area contributed by atoms with Gasteiger partial charge in [0.2, 0.25) is 5.28 Å². The van der Waals surface area contributed by atoms with Gasteiger partial charge in [-0.15, -0.1) is 0 Å². The van der Waals surface area contributed by atoms with Gasteiger partial charge in [0.05, 0.1) is 5.56 Å². The van der Waals surface area contributed by atoms with Crippen LogP contribution in [0, 0.1) is 0 Å². The minimum atomic E-state index is -4.44. The third-order valence-corrected chi connectivity index (χ3v) is 2.52. The van der Waals surface area contributed by atoms with E-state index in [-0.39, 0.29) is 16.7 Å². The molecular formula is C12H7ClF3N3O. The first kappa shape index (κ1) is 14.3. The summed E-state index contributed by atoms with van der Waals surface area (Å²) in [5.41, 5.74) is -0.744. The molecule has 1 aromatic carbocycles. The molecular weight excluding hydrogens is 295 g/mol. The van der Waals surface area contributed by atoms with Gasteiger partial charge in [0.1, 0.15) is 5.82 Å². The zero-order valence-electron chi connectivity index (χ0n) is 9.78. The topological polar surface area (TPSA) is 54.9 Å². The fourth-order valence-corrected chi connectivity index (χ4v) is 1.55. The highest BCUT2D eigenvalue weighted by Crippen LogP contribution is 2.29. The van der Waals surface area contributed by atoms with Gasteiger partial charge >= 0.3 is 6.18 Å². The number of alkyl halides is 3. The van der Waals surface area contributed by atoms with Crippen LogP contribution in [0.25, 0.3) is 0 Å². The second-order valence-electron chi connectivity index (χ2n) is 3.74. The van der Waals surface area contributed by atoms with Gasteiger partial charge in [-0.25, -0.2) is 9.97 Å². The Bertz CT molecular complexity index is 629. The molecule has 104 valence electrons. The molecule has 4 nitrogen and oxygen atoms in total. The maximum atomic E-state index is 12.4. The normalized spacial score (nSPS) is 11.2. The molecule has 0 aliphatic carbocycles. The Hall–Kier alpha value is -2.15. The van der Waals surface area contributed by atoms with Gasteiger partial charge in [-0.3, -0.25) is 4.79 Å². The van der Waals surface area contributed by atoms with E-state index in [9.17, 15) is 18.0 Å². The lowest BCUT2D eigenvalue weighted by atomic mass is 10.1. The zero-order valence-corrected chi connectivity index (χ0v) is 10.5. The van der Waals surface area contributed by atoms with E-state index in [0.717, 1.165) is 24.3 Å². The van der Waals surface area contributed by atoms with E-state index in [4.69, 9.17) is 11.6 Å². The van der Waals surface area contributed by atoms with E-state index in [1.807, 2.05) is 0 Å². The Labute approximate surface area is 116 Å². The molecule has 20 heavy (non-hydrogen) atoms. The highest BCUT2D eigenvalue weighted by molar-refractivity contribution is 6.28. The molecule has 0 spiro atoms. The van der Waals surface area contributed by atoms with Gasteiger partial charge in [0.15, 0.2) is 0 Å². The first-order valence-corrected chi connectivity index (χ1v) is 5.71. The molecule has 2 rings (SSSR count). The number of nitrogens with zero attached hydrogens (tertiary/aromatic N) is 2. The van der Waals surface area contributed by atoms with Crippen molar-refractivity contribution in [1.82, 2.24) is 9.97 Å². The van der Waals surface area contributed by atoms with E-state index in [1.54, 1.807) is 0 Å². The van der Waals surface area contributed by atoms with Crippen LogP contribution in [0.5, 0.6) is 0 Å². The third-order valence-electron chi connectivity index (χ3n) is 2.34. The number of halogens is 4. The number of hydrogen-bond donors (Lipinski definition) is 1. The van der Waals surface area contributed by atoms with Crippen LogP contribution in [0.3, 0.4) is 0 Å². The van der Waals surface area contributed by atoms with Crippen molar-refractivity contribution < 1.29 is 18.0 Å². The molecule has 2 aromatic rings. The predicted octanol–water partition coefficient (Wildman–Crippen LogP) is 3.40. The quantitative estimate of drug-likeness (QED) is 0.865. The van der Waals surface area contributed by atoms with Crippen molar-refractivity contribution in [2.24, 2.45) is 0 Å². The fraction of sp³-hybridized carbons (Fsp3) is 0.0833.